The second-order valence-corrected chi connectivity index (χ2v) is 6.26. The largest absolute Gasteiger partial charge is 0.508 e. The predicted molar refractivity (Wildman–Crippen MR) is 77.9 cm³/mol. The van der Waals surface area contributed by atoms with Crippen molar-refractivity contribution in [1.82, 2.24) is 0 Å². The maximum atomic E-state index is 10.1. The number of aromatic hydroxyl groups is 1. The Labute approximate surface area is 120 Å². The summed E-state index contributed by atoms with van der Waals surface area (Å²) in [4.78, 5) is 0. The van der Waals surface area contributed by atoms with E-state index in [4.69, 9.17) is 14.6 Å². The molecule has 0 aliphatic carbocycles. The van der Waals surface area contributed by atoms with E-state index in [1.807, 2.05) is 33.8 Å². The molecule has 2 rings (SSSR count). The lowest BCUT2D eigenvalue weighted by molar-refractivity contribution is 0.00578. The second-order valence-electron chi connectivity index (χ2n) is 6.26. The summed E-state index contributed by atoms with van der Waals surface area (Å²) in [5, 5.41) is 19.0. The average molecular weight is 273 g/mol. The summed E-state index contributed by atoms with van der Waals surface area (Å²) < 4.78 is 11.9. The van der Waals surface area contributed by atoms with Gasteiger partial charge in [0.25, 0.3) is 0 Å². The fraction of sp³-hybridized carbons (Fsp3) is 0.533. The van der Waals surface area contributed by atoms with Crippen LogP contribution in [0.1, 0.15) is 46.1 Å². The molecular formula is C15H20BNO3. The van der Waals surface area contributed by atoms with Crippen LogP contribution in [0.3, 0.4) is 0 Å². The van der Waals surface area contributed by atoms with E-state index < -0.39 is 18.3 Å². The van der Waals surface area contributed by atoms with Crippen molar-refractivity contribution in [2.45, 2.75) is 51.7 Å². The maximum absolute atomic E-state index is 10.1. The van der Waals surface area contributed by atoms with E-state index in [2.05, 4.69) is 6.07 Å². The van der Waals surface area contributed by atoms with Gasteiger partial charge in [0, 0.05) is 5.56 Å². The van der Waals surface area contributed by atoms with Crippen LogP contribution in [-0.4, -0.2) is 23.4 Å². The van der Waals surface area contributed by atoms with Crippen LogP contribution in [0.5, 0.6) is 5.75 Å². The van der Waals surface area contributed by atoms with Gasteiger partial charge >= 0.3 is 7.12 Å². The standard InChI is InChI=1S/C15H20BNO3/c1-10(9-17)12-7-6-11(8-13(12)18)16-19-14(2,3)15(4,5)20-16/h6-8,10,18H,1-5H3. The van der Waals surface area contributed by atoms with Gasteiger partial charge in [-0.05, 0) is 46.1 Å². The van der Waals surface area contributed by atoms with Crippen molar-refractivity contribution in [3.8, 4) is 11.8 Å². The smallest absolute Gasteiger partial charge is 0.494 e. The second kappa shape index (κ2) is 4.80. The third-order valence-corrected chi connectivity index (χ3v) is 4.24. The first-order valence-corrected chi connectivity index (χ1v) is 6.76. The van der Waals surface area contributed by atoms with E-state index in [0.717, 1.165) is 5.46 Å². The van der Waals surface area contributed by atoms with E-state index in [1.165, 1.54) is 0 Å². The molecule has 1 aromatic rings. The number of hydrogen-bond donors (Lipinski definition) is 1. The highest BCUT2D eigenvalue weighted by Crippen LogP contribution is 2.37. The van der Waals surface area contributed by atoms with E-state index in [0.29, 0.717) is 5.56 Å². The van der Waals surface area contributed by atoms with Crippen molar-refractivity contribution in [2.75, 3.05) is 0 Å². The minimum Gasteiger partial charge on any atom is -0.508 e. The molecule has 1 aromatic carbocycles. The number of phenolic OH excluding ortho intramolecular Hbond substituents is 1. The highest BCUT2D eigenvalue weighted by Gasteiger charge is 2.51. The molecule has 1 aliphatic rings. The van der Waals surface area contributed by atoms with Gasteiger partial charge in [-0.15, -0.1) is 0 Å². The molecule has 1 unspecified atom stereocenters. The first-order valence-electron chi connectivity index (χ1n) is 6.76. The Morgan fingerprint density at radius 3 is 2.20 bits per heavy atom. The van der Waals surface area contributed by atoms with Gasteiger partial charge in [-0.3, -0.25) is 0 Å². The van der Waals surface area contributed by atoms with Crippen molar-refractivity contribution in [1.29, 1.82) is 5.26 Å². The average Bonchev–Trinajstić information content (AvgIpc) is 2.57. The van der Waals surface area contributed by atoms with Crippen LogP contribution >= 0.6 is 0 Å². The molecule has 0 aromatic heterocycles. The molecule has 1 heterocycles. The summed E-state index contributed by atoms with van der Waals surface area (Å²) in [6, 6.07) is 7.32. The summed E-state index contributed by atoms with van der Waals surface area (Å²) in [6.07, 6.45) is 0. The molecule has 0 saturated carbocycles. The van der Waals surface area contributed by atoms with E-state index in [9.17, 15) is 5.11 Å². The highest BCUT2D eigenvalue weighted by atomic mass is 16.7. The molecule has 20 heavy (non-hydrogen) atoms. The van der Waals surface area contributed by atoms with Gasteiger partial charge in [-0.2, -0.15) is 5.26 Å². The van der Waals surface area contributed by atoms with Crippen molar-refractivity contribution in [3.63, 3.8) is 0 Å². The van der Waals surface area contributed by atoms with Crippen LogP contribution in [0.25, 0.3) is 0 Å². The fourth-order valence-electron chi connectivity index (χ4n) is 2.12. The van der Waals surface area contributed by atoms with Gasteiger partial charge in [0.1, 0.15) is 5.75 Å². The van der Waals surface area contributed by atoms with E-state index in [-0.39, 0.29) is 11.7 Å². The number of benzene rings is 1. The summed E-state index contributed by atoms with van der Waals surface area (Å²) in [6.45, 7) is 9.69. The van der Waals surface area contributed by atoms with Crippen LogP contribution in [0, 0.1) is 11.3 Å². The number of rotatable bonds is 2. The summed E-state index contributed by atoms with van der Waals surface area (Å²) in [7, 11) is -0.502. The number of nitrogens with zero attached hydrogens (tertiary/aromatic N) is 1. The topological polar surface area (TPSA) is 62.5 Å². The lowest BCUT2D eigenvalue weighted by Crippen LogP contribution is -2.41. The molecule has 1 atom stereocenters. The zero-order chi connectivity index (χ0) is 15.1. The van der Waals surface area contributed by atoms with Crippen LogP contribution in [0.2, 0.25) is 0 Å². The van der Waals surface area contributed by atoms with Crippen LogP contribution < -0.4 is 5.46 Å². The molecule has 1 fully saturated rings. The van der Waals surface area contributed by atoms with Gasteiger partial charge in [-0.1, -0.05) is 12.1 Å². The van der Waals surface area contributed by atoms with Crippen LogP contribution in [0.4, 0.5) is 0 Å². The Balaban J connectivity index is 2.29. The van der Waals surface area contributed by atoms with Gasteiger partial charge < -0.3 is 14.4 Å². The van der Waals surface area contributed by atoms with E-state index >= 15 is 0 Å². The van der Waals surface area contributed by atoms with Gasteiger partial charge in [0.2, 0.25) is 0 Å². The molecule has 0 amide bonds. The number of hydrogen-bond acceptors (Lipinski definition) is 4. The molecule has 5 heteroatoms. The lowest BCUT2D eigenvalue weighted by atomic mass is 9.78. The Morgan fingerprint density at radius 2 is 1.75 bits per heavy atom. The molecule has 1 aliphatic heterocycles. The molecule has 0 spiro atoms. The Hall–Kier alpha value is -1.51. The minimum atomic E-state index is -0.502. The molecular weight excluding hydrogens is 253 g/mol. The minimum absolute atomic E-state index is 0.103. The Bertz CT molecular complexity index is 547. The van der Waals surface area contributed by atoms with Crippen molar-refractivity contribution < 1.29 is 14.4 Å². The molecule has 106 valence electrons. The summed E-state index contributed by atoms with van der Waals surface area (Å²) in [5.41, 5.74) is 0.556. The maximum Gasteiger partial charge on any atom is 0.494 e. The zero-order valence-corrected chi connectivity index (χ0v) is 12.6. The van der Waals surface area contributed by atoms with Gasteiger partial charge in [0.05, 0.1) is 23.2 Å². The van der Waals surface area contributed by atoms with Gasteiger partial charge in [0.15, 0.2) is 0 Å². The van der Waals surface area contributed by atoms with Gasteiger partial charge in [-0.25, -0.2) is 0 Å². The van der Waals surface area contributed by atoms with Crippen molar-refractivity contribution >= 4 is 12.6 Å². The molecule has 0 radical (unpaired) electrons. The quantitative estimate of drug-likeness (QED) is 0.840. The third-order valence-electron chi connectivity index (χ3n) is 4.24. The molecule has 4 nitrogen and oxygen atoms in total. The number of phenols is 1. The zero-order valence-electron chi connectivity index (χ0n) is 12.6. The third kappa shape index (κ3) is 2.42. The summed E-state index contributed by atoms with van der Waals surface area (Å²) >= 11 is 0. The SMILES string of the molecule is CC(C#N)c1ccc(B2OC(C)(C)C(C)(C)O2)cc1O. The first kappa shape index (κ1) is 14.9. The Kier molecular flexibility index (Phi) is 3.57. The van der Waals surface area contributed by atoms with Crippen molar-refractivity contribution in [3.05, 3.63) is 23.8 Å². The molecule has 1 N–H and O–H groups in total. The molecule has 1 saturated heterocycles. The highest BCUT2D eigenvalue weighted by molar-refractivity contribution is 6.62. The van der Waals surface area contributed by atoms with Crippen LogP contribution in [0.15, 0.2) is 18.2 Å². The number of nitriles is 1. The van der Waals surface area contributed by atoms with E-state index in [1.54, 1.807) is 19.1 Å². The van der Waals surface area contributed by atoms with Crippen LogP contribution in [-0.2, 0) is 9.31 Å². The fourth-order valence-corrected chi connectivity index (χ4v) is 2.12. The first-order chi connectivity index (χ1) is 9.18. The Morgan fingerprint density at radius 1 is 1.20 bits per heavy atom. The normalized spacial score (nSPS) is 21.5. The lowest BCUT2D eigenvalue weighted by Gasteiger charge is -2.32. The predicted octanol–water partition coefficient (Wildman–Crippen LogP) is 2.32. The van der Waals surface area contributed by atoms with Crippen molar-refractivity contribution in [2.24, 2.45) is 0 Å². The molecule has 0 bridgehead atoms. The summed E-state index contributed by atoms with van der Waals surface area (Å²) in [5.74, 6) is -0.242. The monoisotopic (exact) mass is 273 g/mol.